The van der Waals surface area contributed by atoms with E-state index in [-0.39, 0.29) is 11.9 Å². The third-order valence-corrected chi connectivity index (χ3v) is 5.06. The van der Waals surface area contributed by atoms with Crippen molar-refractivity contribution < 1.29 is 4.79 Å². The molecule has 0 saturated carbocycles. The van der Waals surface area contributed by atoms with Gasteiger partial charge in [0.1, 0.15) is 0 Å². The number of carbonyl (C=O) groups excluding carboxylic acids is 1. The molecule has 0 saturated heterocycles. The van der Waals surface area contributed by atoms with Crippen molar-refractivity contribution >= 4 is 34.5 Å². The van der Waals surface area contributed by atoms with Gasteiger partial charge in [-0.15, -0.1) is 0 Å². The van der Waals surface area contributed by atoms with Crippen molar-refractivity contribution in [1.82, 2.24) is 9.55 Å². The molecule has 26 heavy (non-hydrogen) atoms. The Balaban J connectivity index is 1.89. The van der Waals surface area contributed by atoms with Crippen molar-refractivity contribution in [2.45, 2.75) is 25.4 Å². The number of guanidine groups is 1. The van der Waals surface area contributed by atoms with Gasteiger partial charge in [0.05, 0.1) is 11.0 Å². The van der Waals surface area contributed by atoms with Gasteiger partial charge in [-0.3, -0.25) is 14.7 Å². The number of nitrogens with one attached hydrogen (secondary N) is 2. The van der Waals surface area contributed by atoms with Gasteiger partial charge < -0.3 is 11.1 Å². The quantitative estimate of drug-likeness (QED) is 0.631. The molecular weight excluding hydrogens is 328 g/mol. The molecule has 2 aromatic carbocycles. The van der Waals surface area contributed by atoms with E-state index in [9.17, 15) is 4.79 Å². The zero-order valence-electron chi connectivity index (χ0n) is 14.4. The number of benzene rings is 2. The summed E-state index contributed by atoms with van der Waals surface area (Å²) < 4.78 is 1.84. The van der Waals surface area contributed by atoms with Crippen LogP contribution >= 0.6 is 0 Å². The summed E-state index contributed by atoms with van der Waals surface area (Å²) in [5.41, 5.74) is 9.04. The second-order valence-corrected chi connectivity index (χ2v) is 6.97. The van der Waals surface area contributed by atoms with Crippen LogP contribution in [-0.4, -0.2) is 21.4 Å². The van der Waals surface area contributed by atoms with Crippen molar-refractivity contribution in [2.75, 3.05) is 10.6 Å². The molecule has 2 aliphatic heterocycles. The fourth-order valence-corrected chi connectivity index (χ4v) is 3.79. The normalized spacial score (nSPS) is 20.7. The number of aliphatic imine (C=N–C) groups is 1. The van der Waals surface area contributed by atoms with E-state index in [4.69, 9.17) is 5.73 Å². The first-order valence-corrected chi connectivity index (χ1v) is 8.57. The maximum Gasteiger partial charge on any atom is 0.278 e. The summed E-state index contributed by atoms with van der Waals surface area (Å²) in [7, 11) is 0. The van der Waals surface area contributed by atoms with Crippen molar-refractivity contribution in [3.63, 3.8) is 0 Å². The van der Waals surface area contributed by atoms with E-state index >= 15 is 0 Å². The van der Waals surface area contributed by atoms with E-state index in [2.05, 4.69) is 34.5 Å². The van der Waals surface area contributed by atoms with Gasteiger partial charge in [0.25, 0.3) is 5.91 Å². The Morgan fingerprint density at radius 2 is 1.96 bits per heavy atom. The largest absolute Gasteiger partial charge is 0.370 e. The van der Waals surface area contributed by atoms with Gasteiger partial charge >= 0.3 is 0 Å². The summed E-state index contributed by atoms with van der Waals surface area (Å²) in [5, 5.41) is 5.95. The standard InChI is InChI=1S/C19H18N6O/c1-10(2)11-7-8-13-12(9-11)19(16(26)21-13)24-17(20)23-18-22-14-5-3-4-6-15(14)25(18)19/h3-10H,1-2H3,(H,21,26)(H3,20,22,23,24). The van der Waals surface area contributed by atoms with Gasteiger partial charge in [-0.2, -0.15) is 0 Å². The first kappa shape index (κ1) is 14.9. The fourth-order valence-electron chi connectivity index (χ4n) is 3.79. The Kier molecular flexibility index (Phi) is 2.79. The number of anilines is 2. The molecule has 1 atom stereocenters. The van der Waals surface area contributed by atoms with Gasteiger partial charge in [-0.05, 0) is 35.7 Å². The summed E-state index contributed by atoms with van der Waals surface area (Å²) in [6.45, 7) is 4.24. The van der Waals surface area contributed by atoms with Crippen LogP contribution in [0.15, 0.2) is 47.5 Å². The van der Waals surface area contributed by atoms with E-state index in [0.717, 1.165) is 27.8 Å². The Hall–Kier alpha value is -3.35. The molecule has 2 aliphatic rings. The fraction of sp³-hybridized carbons (Fsp3) is 0.211. The van der Waals surface area contributed by atoms with Crippen LogP contribution in [0.1, 0.15) is 30.9 Å². The number of carbonyl (C=O) groups is 1. The molecule has 4 N–H and O–H groups in total. The molecule has 1 aromatic heterocycles. The predicted octanol–water partition coefficient (Wildman–Crippen LogP) is 2.55. The predicted molar refractivity (Wildman–Crippen MR) is 101 cm³/mol. The lowest BCUT2D eigenvalue weighted by atomic mass is 9.94. The topological polar surface area (TPSA) is 97.3 Å². The average Bonchev–Trinajstić information content (AvgIpc) is 3.10. The van der Waals surface area contributed by atoms with Crippen LogP contribution in [0.25, 0.3) is 11.0 Å². The van der Waals surface area contributed by atoms with Crippen LogP contribution in [0, 0.1) is 0 Å². The number of rotatable bonds is 1. The van der Waals surface area contributed by atoms with Crippen LogP contribution < -0.4 is 16.4 Å². The zero-order chi connectivity index (χ0) is 18.1. The Labute approximate surface area is 149 Å². The number of hydrogen-bond donors (Lipinski definition) is 3. The first-order chi connectivity index (χ1) is 12.5. The van der Waals surface area contributed by atoms with Crippen LogP contribution in [0.3, 0.4) is 0 Å². The molecule has 7 heteroatoms. The maximum atomic E-state index is 13.2. The second-order valence-electron chi connectivity index (χ2n) is 6.97. The SMILES string of the molecule is CC(C)c1ccc2c(c1)C1(N=C(N)Nc3nc4ccccc4n31)C(=O)N2. The van der Waals surface area contributed by atoms with E-state index in [1.165, 1.54) is 0 Å². The van der Waals surface area contributed by atoms with Crippen LogP contribution in [0.5, 0.6) is 0 Å². The molecule has 0 bridgehead atoms. The van der Waals surface area contributed by atoms with Crippen LogP contribution in [0.4, 0.5) is 11.6 Å². The highest BCUT2D eigenvalue weighted by atomic mass is 16.2. The van der Waals surface area contributed by atoms with E-state index in [1.807, 2.05) is 47.0 Å². The van der Waals surface area contributed by atoms with Gasteiger partial charge in [0.2, 0.25) is 11.6 Å². The number of nitrogens with zero attached hydrogens (tertiary/aromatic N) is 3. The smallest absolute Gasteiger partial charge is 0.278 e. The Bertz CT molecular complexity index is 1110. The minimum atomic E-state index is -1.29. The van der Waals surface area contributed by atoms with E-state index in [1.54, 1.807) is 0 Å². The van der Waals surface area contributed by atoms with Crippen molar-refractivity contribution in [2.24, 2.45) is 10.7 Å². The number of hydrogen-bond acceptors (Lipinski definition) is 5. The Morgan fingerprint density at radius 1 is 1.15 bits per heavy atom. The number of amides is 1. The molecule has 1 unspecified atom stereocenters. The third-order valence-electron chi connectivity index (χ3n) is 5.06. The van der Waals surface area contributed by atoms with Gasteiger partial charge in [-0.25, -0.2) is 9.98 Å². The molecule has 0 fully saturated rings. The highest BCUT2D eigenvalue weighted by Crippen LogP contribution is 2.46. The second kappa shape index (κ2) is 4.85. The molecule has 7 nitrogen and oxygen atoms in total. The Morgan fingerprint density at radius 3 is 2.77 bits per heavy atom. The summed E-state index contributed by atoms with van der Waals surface area (Å²) >= 11 is 0. The lowest BCUT2D eigenvalue weighted by Crippen LogP contribution is -2.47. The highest BCUT2D eigenvalue weighted by Gasteiger charge is 2.52. The summed E-state index contributed by atoms with van der Waals surface area (Å²) in [6.07, 6.45) is 0. The van der Waals surface area contributed by atoms with E-state index in [0.29, 0.717) is 11.9 Å². The monoisotopic (exact) mass is 346 g/mol. The van der Waals surface area contributed by atoms with Crippen LogP contribution in [-0.2, 0) is 10.5 Å². The average molecular weight is 346 g/mol. The number of imidazole rings is 1. The molecule has 0 radical (unpaired) electrons. The first-order valence-electron chi connectivity index (χ1n) is 8.57. The lowest BCUT2D eigenvalue weighted by molar-refractivity contribution is -0.121. The molecule has 3 aromatic rings. The van der Waals surface area contributed by atoms with Crippen molar-refractivity contribution in [3.05, 3.63) is 53.6 Å². The number of nitrogens with two attached hydrogens (primary N) is 1. The molecule has 130 valence electrons. The summed E-state index contributed by atoms with van der Waals surface area (Å²) in [6, 6.07) is 13.7. The molecule has 5 rings (SSSR count). The number of fused-ring (bicyclic) bond motifs is 6. The minimum Gasteiger partial charge on any atom is -0.370 e. The van der Waals surface area contributed by atoms with Crippen LogP contribution in [0.2, 0.25) is 0 Å². The third kappa shape index (κ3) is 1.74. The number of para-hydroxylation sites is 2. The van der Waals surface area contributed by atoms with Crippen molar-refractivity contribution in [3.8, 4) is 0 Å². The lowest BCUT2D eigenvalue weighted by Gasteiger charge is -2.31. The zero-order valence-corrected chi connectivity index (χ0v) is 14.4. The molecule has 1 amide bonds. The summed E-state index contributed by atoms with van der Waals surface area (Å²) in [5.74, 6) is 0.778. The number of aromatic nitrogens is 2. The highest BCUT2D eigenvalue weighted by molar-refractivity contribution is 6.10. The maximum absolute atomic E-state index is 13.2. The molecule has 1 spiro atoms. The van der Waals surface area contributed by atoms with E-state index < -0.39 is 5.66 Å². The molecular formula is C19H18N6O. The van der Waals surface area contributed by atoms with Crippen molar-refractivity contribution in [1.29, 1.82) is 0 Å². The van der Waals surface area contributed by atoms with Gasteiger partial charge in [0.15, 0.2) is 5.96 Å². The van der Waals surface area contributed by atoms with Gasteiger partial charge in [-0.1, -0.05) is 32.0 Å². The van der Waals surface area contributed by atoms with Gasteiger partial charge in [0, 0.05) is 11.3 Å². The summed E-state index contributed by atoms with van der Waals surface area (Å²) in [4.78, 5) is 22.4. The minimum absolute atomic E-state index is 0.172. The molecule has 3 heterocycles. The molecule has 0 aliphatic carbocycles.